The molecular formula is C17H14FNO2. The first-order chi connectivity index (χ1) is 10.2. The lowest BCUT2D eigenvalue weighted by molar-refractivity contribution is 0.0317. The highest BCUT2D eigenvalue weighted by molar-refractivity contribution is 5.86. The molecule has 2 aromatic rings. The zero-order chi connectivity index (χ0) is 14.4. The number of hydrogen-bond donors (Lipinski definition) is 1. The van der Waals surface area contributed by atoms with Crippen molar-refractivity contribution >= 4 is 17.8 Å². The molecule has 3 heterocycles. The zero-order valence-corrected chi connectivity index (χ0v) is 11.3. The van der Waals surface area contributed by atoms with E-state index in [2.05, 4.69) is 16.7 Å². The predicted molar refractivity (Wildman–Crippen MR) is 79.0 cm³/mol. The van der Waals surface area contributed by atoms with Crippen molar-refractivity contribution in [3.8, 4) is 5.75 Å². The summed E-state index contributed by atoms with van der Waals surface area (Å²) in [7, 11) is 0. The summed E-state index contributed by atoms with van der Waals surface area (Å²) in [5, 5.41) is 10.2. The first-order valence-electron chi connectivity index (χ1n) is 6.94. The van der Waals surface area contributed by atoms with Gasteiger partial charge in [0, 0.05) is 40.9 Å². The lowest BCUT2D eigenvalue weighted by atomic mass is 10.0. The van der Waals surface area contributed by atoms with Gasteiger partial charge in [0.15, 0.2) is 0 Å². The van der Waals surface area contributed by atoms with Crippen LogP contribution in [0.25, 0.3) is 17.8 Å². The lowest BCUT2D eigenvalue weighted by Crippen LogP contribution is -2.20. The minimum Gasteiger partial charge on any atom is -0.460 e. The van der Waals surface area contributed by atoms with E-state index >= 15 is 0 Å². The fourth-order valence-electron chi connectivity index (χ4n) is 2.82. The number of benzene rings is 1. The van der Waals surface area contributed by atoms with Crippen LogP contribution in [0.4, 0.5) is 4.39 Å². The molecule has 1 N–H and O–H groups in total. The molecule has 0 bridgehead atoms. The molecule has 1 aromatic heterocycles. The molecule has 0 amide bonds. The molecule has 0 saturated carbocycles. The molecular weight excluding hydrogens is 269 g/mol. The number of aromatic nitrogens is 1. The Morgan fingerprint density at radius 3 is 3.05 bits per heavy atom. The van der Waals surface area contributed by atoms with E-state index < -0.39 is 6.29 Å². The molecule has 0 saturated heterocycles. The second kappa shape index (κ2) is 4.60. The van der Waals surface area contributed by atoms with Crippen LogP contribution >= 0.6 is 0 Å². The van der Waals surface area contributed by atoms with Crippen molar-refractivity contribution in [1.82, 2.24) is 4.57 Å². The number of allylic oxidation sites excluding steroid dienone is 1. The molecule has 4 rings (SSSR count). The number of halogens is 1. The molecule has 0 fully saturated rings. The zero-order valence-electron chi connectivity index (χ0n) is 11.3. The number of ether oxygens (including phenoxy) is 1. The Bertz CT molecular complexity index is 773. The van der Waals surface area contributed by atoms with Gasteiger partial charge in [-0.3, -0.25) is 0 Å². The Balaban J connectivity index is 1.79. The predicted octanol–water partition coefficient (Wildman–Crippen LogP) is 3.30. The molecule has 106 valence electrons. The highest BCUT2D eigenvalue weighted by Gasteiger charge is 2.23. The van der Waals surface area contributed by atoms with Gasteiger partial charge in [0.1, 0.15) is 11.6 Å². The van der Waals surface area contributed by atoms with Crippen molar-refractivity contribution in [3.63, 3.8) is 0 Å². The summed E-state index contributed by atoms with van der Waals surface area (Å²) in [5.41, 5.74) is 3.62. The van der Waals surface area contributed by atoms with E-state index in [1.54, 1.807) is 6.07 Å². The minimum atomic E-state index is -1.08. The van der Waals surface area contributed by atoms with Crippen molar-refractivity contribution in [2.24, 2.45) is 0 Å². The van der Waals surface area contributed by atoms with Crippen LogP contribution < -0.4 is 4.74 Å². The van der Waals surface area contributed by atoms with Crippen molar-refractivity contribution in [2.75, 3.05) is 0 Å². The molecule has 2 aliphatic heterocycles. The van der Waals surface area contributed by atoms with Crippen molar-refractivity contribution < 1.29 is 14.2 Å². The van der Waals surface area contributed by atoms with E-state index in [-0.39, 0.29) is 5.82 Å². The Hall–Kier alpha value is -2.33. The topological polar surface area (TPSA) is 34.4 Å². The Morgan fingerprint density at radius 1 is 1.29 bits per heavy atom. The highest BCUT2D eigenvalue weighted by Crippen LogP contribution is 2.35. The lowest BCUT2D eigenvalue weighted by Gasteiger charge is -2.22. The van der Waals surface area contributed by atoms with Gasteiger partial charge in [-0.15, -0.1) is 0 Å². The van der Waals surface area contributed by atoms with Gasteiger partial charge in [-0.25, -0.2) is 4.39 Å². The third kappa shape index (κ3) is 2.08. The summed E-state index contributed by atoms with van der Waals surface area (Å²) in [6.45, 7) is 0. The summed E-state index contributed by atoms with van der Waals surface area (Å²) in [6, 6.07) is 6.41. The first kappa shape index (κ1) is 12.4. The van der Waals surface area contributed by atoms with Crippen molar-refractivity contribution in [3.05, 3.63) is 59.2 Å². The first-order valence-corrected chi connectivity index (χ1v) is 6.94. The van der Waals surface area contributed by atoms with Gasteiger partial charge < -0.3 is 14.4 Å². The van der Waals surface area contributed by atoms with Gasteiger partial charge in [0.05, 0.1) is 0 Å². The largest absolute Gasteiger partial charge is 0.460 e. The summed E-state index contributed by atoms with van der Waals surface area (Å²) < 4.78 is 20.7. The second-order valence-corrected chi connectivity index (χ2v) is 5.30. The van der Waals surface area contributed by atoms with Crippen molar-refractivity contribution in [1.29, 1.82) is 0 Å². The van der Waals surface area contributed by atoms with Gasteiger partial charge in [0.25, 0.3) is 0 Å². The van der Waals surface area contributed by atoms with Gasteiger partial charge in [0.2, 0.25) is 6.29 Å². The maximum Gasteiger partial charge on any atom is 0.224 e. The van der Waals surface area contributed by atoms with Crippen molar-refractivity contribution in [2.45, 2.75) is 19.1 Å². The van der Waals surface area contributed by atoms with Crippen LogP contribution in [0, 0.1) is 5.82 Å². The normalized spacial score (nSPS) is 19.5. The molecule has 3 nitrogen and oxygen atoms in total. The summed E-state index contributed by atoms with van der Waals surface area (Å²) >= 11 is 0. The SMILES string of the molecule is OC1Oc2cc(F)ccc2C=C1c1cc2n(c1)C=CCC2. The maximum absolute atomic E-state index is 13.2. The average Bonchev–Trinajstić information content (AvgIpc) is 2.90. The fourth-order valence-corrected chi connectivity index (χ4v) is 2.82. The molecule has 1 unspecified atom stereocenters. The van der Waals surface area contributed by atoms with Crippen LogP contribution in [0.15, 0.2) is 36.5 Å². The number of aryl methyl sites for hydroxylation is 1. The molecule has 21 heavy (non-hydrogen) atoms. The maximum atomic E-state index is 13.2. The molecule has 4 heteroatoms. The third-order valence-corrected chi connectivity index (χ3v) is 3.89. The van der Waals surface area contributed by atoms with Crippen LogP contribution in [0.1, 0.15) is 23.2 Å². The molecule has 0 aliphatic carbocycles. The monoisotopic (exact) mass is 283 g/mol. The van der Waals surface area contributed by atoms with E-state index in [0.717, 1.165) is 24.0 Å². The van der Waals surface area contributed by atoms with Crippen LogP contribution in [-0.2, 0) is 6.42 Å². The number of fused-ring (bicyclic) bond motifs is 2. The third-order valence-electron chi connectivity index (χ3n) is 3.89. The Kier molecular flexibility index (Phi) is 2.72. The molecule has 0 radical (unpaired) electrons. The van der Waals surface area contributed by atoms with E-state index in [4.69, 9.17) is 4.74 Å². The van der Waals surface area contributed by atoms with Crippen LogP contribution in [-0.4, -0.2) is 16.0 Å². The van der Waals surface area contributed by atoms with Crippen LogP contribution in [0.2, 0.25) is 0 Å². The molecule has 1 atom stereocenters. The Labute approximate surface area is 121 Å². The summed E-state index contributed by atoms with van der Waals surface area (Å²) in [5.74, 6) is -0.00242. The number of hydrogen-bond acceptors (Lipinski definition) is 2. The van der Waals surface area contributed by atoms with Crippen LogP contribution in [0.3, 0.4) is 0 Å². The smallest absolute Gasteiger partial charge is 0.224 e. The van der Waals surface area contributed by atoms with Gasteiger partial charge in [-0.05, 0) is 37.1 Å². The van der Waals surface area contributed by atoms with E-state index in [1.807, 2.05) is 18.5 Å². The second-order valence-electron chi connectivity index (χ2n) is 5.30. The van der Waals surface area contributed by atoms with E-state index in [1.165, 1.54) is 17.8 Å². The van der Waals surface area contributed by atoms with Gasteiger partial charge in [-0.1, -0.05) is 6.08 Å². The van der Waals surface area contributed by atoms with E-state index in [0.29, 0.717) is 11.3 Å². The van der Waals surface area contributed by atoms with Crippen LogP contribution in [0.5, 0.6) is 5.75 Å². The number of aliphatic hydroxyl groups is 1. The summed E-state index contributed by atoms with van der Waals surface area (Å²) in [6.07, 6.45) is 8.94. The van der Waals surface area contributed by atoms with Gasteiger partial charge in [-0.2, -0.15) is 0 Å². The average molecular weight is 283 g/mol. The minimum absolute atomic E-state index is 0.370. The van der Waals surface area contributed by atoms with E-state index in [9.17, 15) is 9.50 Å². The fraction of sp³-hybridized carbons (Fsp3) is 0.176. The standard InChI is InChI=1S/C17H14FNO2/c18-13-5-4-11-8-15(17(20)21-16(11)9-13)12-7-14-3-1-2-6-19(14)10-12/h2,4-10,17,20H,1,3H2. The number of nitrogens with zero attached hydrogens (tertiary/aromatic N) is 1. The highest BCUT2D eigenvalue weighted by atomic mass is 19.1. The number of aliphatic hydroxyl groups excluding tert-OH is 1. The van der Waals surface area contributed by atoms with Gasteiger partial charge >= 0.3 is 0 Å². The molecule has 1 aromatic carbocycles. The summed E-state index contributed by atoms with van der Waals surface area (Å²) in [4.78, 5) is 0. The molecule has 0 spiro atoms. The Morgan fingerprint density at radius 2 is 2.19 bits per heavy atom. The quantitative estimate of drug-likeness (QED) is 0.871. The number of rotatable bonds is 1. The molecule has 2 aliphatic rings.